The summed E-state index contributed by atoms with van der Waals surface area (Å²) < 4.78 is 29.2. The van der Waals surface area contributed by atoms with Crippen molar-refractivity contribution in [2.24, 2.45) is 7.05 Å². The van der Waals surface area contributed by atoms with Crippen LogP contribution in [0.15, 0.2) is 48.7 Å². The van der Waals surface area contributed by atoms with Gasteiger partial charge in [-0.2, -0.15) is 0 Å². The molecule has 1 amide bonds. The number of aliphatic hydroxyl groups excluding tert-OH is 1. The molecule has 0 bridgehead atoms. The summed E-state index contributed by atoms with van der Waals surface area (Å²) in [5.74, 6) is -2.00. The number of halogens is 2. The van der Waals surface area contributed by atoms with Gasteiger partial charge in [0, 0.05) is 30.7 Å². The number of aryl methyl sites for hydroxylation is 1. The van der Waals surface area contributed by atoms with Crippen LogP contribution in [-0.2, 0) is 18.3 Å². The van der Waals surface area contributed by atoms with Gasteiger partial charge < -0.3 is 15.0 Å². The number of carbonyl (C=O) groups is 1. The molecule has 0 radical (unpaired) electrons. The van der Waals surface area contributed by atoms with Gasteiger partial charge in [-0.05, 0) is 23.8 Å². The lowest BCUT2D eigenvalue weighted by Gasteiger charge is -2.13. The van der Waals surface area contributed by atoms with Gasteiger partial charge in [0.1, 0.15) is 17.7 Å². The van der Waals surface area contributed by atoms with Gasteiger partial charge in [0.2, 0.25) is 5.91 Å². The van der Waals surface area contributed by atoms with E-state index in [9.17, 15) is 18.7 Å². The first kappa shape index (κ1) is 17.1. The number of hydrogen-bond acceptors (Lipinski definition) is 2. The van der Waals surface area contributed by atoms with Gasteiger partial charge in [-0.15, -0.1) is 0 Å². The van der Waals surface area contributed by atoms with E-state index < -0.39 is 23.3 Å². The molecule has 1 heterocycles. The van der Waals surface area contributed by atoms with E-state index >= 15 is 0 Å². The molecule has 3 rings (SSSR count). The smallest absolute Gasteiger partial charge is 0.224 e. The highest BCUT2D eigenvalue weighted by atomic mass is 19.1. The third-order valence-corrected chi connectivity index (χ3v) is 4.16. The molecule has 1 unspecified atom stereocenters. The van der Waals surface area contributed by atoms with Crippen molar-refractivity contribution in [3.63, 3.8) is 0 Å². The summed E-state index contributed by atoms with van der Waals surface area (Å²) in [4.78, 5) is 12.2. The highest BCUT2D eigenvalue weighted by Gasteiger charge is 2.19. The second-order valence-electron chi connectivity index (χ2n) is 5.91. The normalized spacial score (nSPS) is 12.3. The molecule has 6 heteroatoms. The molecule has 2 N–H and O–H groups in total. The number of rotatable bonds is 5. The maximum atomic E-state index is 13.6. The van der Waals surface area contributed by atoms with Crippen LogP contribution in [0.2, 0.25) is 0 Å². The van der Waals surface area contributed by atoms with Crippen molar-refractivity contribution in [2.45, 2.75) is 12.5 Å². The van der Waals surface area contributed by atoms with Crippen LogP contribution in [0.4, 0.5) is 8.78 Å². The number of aliphatic hydroxyl groups is 1. The van der Waals surface area contributed by atoms with E-state index in [-0.39, 0.29) is 18.9 Å². The molecule has 0 saturated heterocycles. The number of hydrogen-bond donors (Lipinski definition) is 2. The highest BCUT2D eigenvalue weighted by molar-refractivity contribution is 5.89. The van der Waals surface area contributed by atoms with Gasteiger partial charge >= 0.3 is 0 Å². The number of amides is 1. The Morgan fingerprint density at radius 2 is 1.84 bits per heavy atom. The molecular weight excluding hydrogens is 326 g/mol. The first-order valence-corrected chi connectivity index (χ1v) is 7.89. The Morgan fingerprint density at radius 1 is 1.16 bits per heavy atom. The zero-order valence-electron chi connectivity index (χ0n) is 13.7. The van der Waals surface area contributed by atoms with E-state index in [1.54, 1.807) is 0 Å². The molecule has 25 heavy (non-hydrogen) atoms. The van der Waals surface area contributed by atoms with Gasteiger partial charge in [0.05, 0.1) is 12.0 Å². The maximum absolute atomic E-state index is 13.6. The molecule has 0 spiro atoms. The van der Waals surface area contributed by atoms with Crippen LogP contribution < -0.4 is 5.32 Å². The van der Waals surface area contributed by atoms with Crippen molar-refractivity contribution in [3.05, 3.63) is 71.4 Å². The van der Waals surface area contributed by atoms with Crippen molar-refractivity contribution in [1.29, 1.82) is 0 Å². The summed E-state index contributed by atoms with van der Waals surface area (Å²) >= 11 is 0. The van der Waals surface area contributed by atoms with Crippen molar-refractivity contribution in [3.8, 4) is 0 Å². The average molecular weight is 344 g/mol. The topological polar surface area (TPSA) is 54.3 Å². The number of carbonyl (C=O) groups excluding carboxylic acids is 1. The Labute approximate surface area is 143 Å². The molecule has 2 aromatic carbocycles. The standard InChI is InChI=1S/C19H18F2N2O2/c1-23-11-12(13-5-2-3-8-16(13)23)9-18(25)22-10-17(24)19-14(20)6-4-7-15(19)21/h2-8,11,17,24H,9-10H2,1H3,(H,22,25). The monoisotopic (exact) mass is 344 g/mol. The Balaban J connectivity index is 1.67. The third kappa shape index (κ3) is 3.53. The van der Waals surface area contributed by atoms with E-state index in [2.05, 4.69) is 5.32 Å². The maximum Gasteiger partial charge on any atom is 0.224 e. The Bertz CT molecular complexity index is 901. The van der Waals surface area contributed by atoms with Crippen molar-refractivity contribution < 1.29 is 18.7 Å². The Kier molecular flexibility index (Phi) is 4.81. The zero-order valence-corrected chi connectivity index (χ0v) is 13.7. The largest absolute Gasteiger partial charge is 0.386 e. The average Bonchev–Trinajstić information content (AvgIpc) is 2.89. The fraction of sp³-hybridized carbons (Fsp3) is 0.211. The number of benzene rings is 2. The minimum absolute atomic E-state index is 0.119. The molecule has 1 aromatic heterocycles. The lowest BCUT2D eigenvalue weighted by atomic mass is 10.1. The van der Waals surface area contributed by atoms with Gasteiger partial charge in [0.25, 0.3) is 0 Å². The van der Waals surface area contributed by atoms with Crippen LogP contribution >= 0.6 is 0 Å². The third-order valence-electron chi connectivity index (χ3n) is 4.16. The molecule has 0 aliphatic heterocycles. The number of para-hydroxylation sites is 1. The SMILES string of the molecule is Cn1cc(CC(=O)NCC(O)c2c(F)cccc2F)c2ccccc21. The van der Waals surface area contributed by atoms with Gasteiger partial charge in [-0.1, -0.05) is 24.3 Å². The van der Waals surface area contributed by atoms with Crippen LogP contribution in [0, 0.1) is 11.6 Å². The minimum atomic E-state index is -1.45. The summed E-state index contributed by atoms with van der Waals surface area (Å²) in [7, 11) is 1.90. The zero-order chi connectivity index (χ0) is 18.0. The second kappa shape index (κ2) is 7.03. The first-order chi connectivity index (χ1) is 12.0. The van der Waals surface area contributed by atoms with Crippen molar-refractivity contribution in [2.75, 3.05) is 6.54 Å². The number of nitrogens with zero attached hydrogens (tertiary/aromatic N) is 1. The highest BCUT2D eigenvalue weighted by Crippen LogP contribution is 2.22. The molecule has 1 atom stereocenters. The lowest BCUT2D eigenvalue weighted by Crippen LogP contribution is -2.30. The first-order valence-electron chi connectivity index (χ1n) is 7.89. The summed E-state index contributed by atoms with van der Waals surface area (Å²) in [5.41, 5.74) is 1.42. The fourth-order valence-electron chi connectivity index (χ4n) is 2.94. The van der Waals surface area contributed by atoms with Crippen LogP contribution in [0.3, 0.4) is 0 Å². The van der Waals surface area contributed by atoms with E-state index in [0.717, 1.165) is 28.6 Å². The summed E-state index contributed by atoms with van der Waals surface area (Å²) in [5, 5.41) is 13.5. The van der Waals surface area contributed by atoms with E-state index in [1.165, 1.54) is 6.07 Å². The minimum Gasteiger partial charge on any atom is -0.386 e. The molecule has 130 valence electrons. The van der Waals surface area contributed by atoms with Crippen molar-refractivity contribution >= 4 is 16.8 Å². The molecule has 0 aliphatic carbocycles. The van der Waals surface area contributed by atoms with Crippen molar-refractivity contribution in [1.82, 2.24) is 9.88 Å². The van der Waals surface area contributed by atoms with Crippen LogP contribution in [0.1, 0.15) is 17.2 Å². The molecular formula is C19H18F2N2O2. The van der Waals surface area contributed by atoms with Gasteiger partial charge in [0.15, 0.2) is 0 Å². The second-order valence-corrected chi connectivity index (χ2v) is 5.91. The number of nitrogens with one attached hydrogen (secondary N) is 1. The fourth-order valence-corrected chi connectivity index (χ4v) is 2.94. The van der Waals surface area contributed by atoms with Gasteiger partial charge in [-0.25, -0.2) is 8.78 Å². The Hall–Kier alpha value is -2.73. The van der Waals surface area contributed by atoms with E-state index in [0.29, 0.717) is 0 Å². The molecule has 0 fully saturated rings. The molecule has 0 saturated carbocycles. The van der Waals surface area contributed by atoms with Crippen LogP contribution in [0.25, 0.3) is 10.9 Å². The lowest BCUT2D eigenvalue weighted by molar-refractivity contribution is -0.120. The summed E-state index contributed by atoms with van der Waals surface area (Å²) in [6.45, 7) is -0.262. The van der Waals surface area contributed by atoms with Crippen LogP contribution in [-0.4, -0.2) is 22.1 Å². The summed E-state index contributed by atoms with van der Waals surface area (Å²) in [6, 6.07) is 11.1. The van der Waals surface area contributed by atoms with Gasteiger partial charge in [-0.3, -0.25) is 4.79 Å². The van der Waals surface area contributed by atoms with E-state index in [1.807, 2.05) is 42.1 Å². The molecule has 4 nitrogen and oxygen atoms in total. The summed E-state index contributed by atoms with van der Waals surface area (Å²) in [6.07, 6.45) is 0.545. The predicted octanol–water partition coefficient (Wildman–Crippen LogP) is 2.85. The van der Waals surface area contributed by atoms with E-state index in [4.69, 9.17) is 0 Å². The number of fused-ring (bicyclic) bond motifs is 1. The predicted molar refractivity (Wildman–Crippen MR) is 91.0 cm³/mol. The molecule has 3 aromatic rings. The number of aromatic nitrogens is 1. The van der Waals surface area contributed by atoms with Crippen LogP contribution in [0.5, 0.6) is 0 Å². The Morgan fingerprint density at radius 3 is 2.56 bits per heavy atom. The molecule has 0 aliphatic rings. The quantitative estimate of drug-likeness (QED) is 0.748.